The van der Waals surface area contributed by atoms with Crippen molar-refractivity contribution in [3.8, 4) is 11.1 Å². The SMILES string of the molecule is CC(C)CCC(Cc1ccc(-c2ccccc2)cc1)C(=O)OC(N)=O. The van der Waals surface area contributed by atoms with Gasteiger partial charge in [0.15, 0.2) is 0 Å². The third-order valence-corrected chi connectivity index (χ3v) is 4.17. The van der Waals surface area contributed by atoms with Crippen molar-refractivity contribution in [2.24, 2.45) is 17.6 Å². The van der Waals surface area contributed by atoms with Gasteiger partial charge in [-0.15, -0.1) is 0 Å². The summed E-state index contributed by atoms with van der Waals surface area (Å²) in [6.45, 7) is 4.20. The number of carbonyl (C=O) groups is 2. The fraction of sp³-hybridized carbons (Fsp3) is 0.333. The molecule has 0 bridgehead atoms. The molecule has 0 fully saturated rings. The molecular formula is C21H25NO3. The summed E-state index contributed by atoms with van der Waals surface area (Å²) in [6.07, 6.45) is 1.05. The lowest BCUT2D eigenvalue weighted by atomic mass is 9.91. The zero-order chi connectivity index (χ0) is 18.2. The minimum Gasteiger partial charge on any atom is -0.376 e. The van der Waals surface area contributed by atoms with Crippen LogP contribution in [0.15, 0.2) is 54.6 Å². The first-order valence-electron chi connectivity index (χ1n) is 8.61. The largest absolute Gasteiger partial charge is 0.412 e. The fourth-order valence-corrected chi connectivity index (χ4v) is 2.77. The topological polar surface area (TPSA) is 69.4 Å². The summed E-state index contributed by atoms with van der Waals surface area (Å²) in [5.74, 6) is -0.429. The van der Waals surface area contributed by atoms with Crippen molar-refractivity contribution in [1.82, 2.24) is 0 Å². The summed E-state index contributed by atoms with van der Waals surface area (Å²) < 4.78 is 4.61. The molecule has 0 saturated heterocycles. The molecule has 0 aliphatic rings. The highest BCUT2D eigenvalue weighted by Crippen LogP contribution is 2.23. The Labute approximate surface area is 149 Å². The van der Waals surface area contributed by atoms with E-state index in [1.54, 1.807) is 0 Å². The zero-order valence-corrected chi connectivity index (χ0v) is 14.8. The highest BCUT2D eigenvalue weighted by atomic mass is 16.6. The first-order chi connectivity index (χ1) is 12.0. The van der Waals surface area contributed by atoms with Crippen molar-refractivity contribution in [3.63, 3.8) is 0 Å². The van der Waals surface area contributed by atoms with Crippen LogP contribution in [0.5, 0.6) is 0 Å². The summed E-state index contributed by atoms with van der Waals surface area (Å²) in [5, 5.41) is 0. The summed E-state index contributed by atoms with van der Waals surface area (Å²) in [6, 6.07) is 18.2. The summed E-state index contributed by atoms with van der Waals surface area (Å²) in [4.78, 5) is 23.0. The lowest BCUT2D eigenvalue weighted by Gasteiger charge is -2.16. The predicted octanol–water partition coefficient (Wildman–Crippen LogP) is 4.57. The van der Waals surface area contributed by atoms with Crippen LogP contribution in [-0.4, -0.2) is 12.1 Å². The fourth-order valence-electron chi connectivity index (χ4n) is 2.77. The molecule has 132 valence electrons. The molecule has 1 atom stereocenters. The van der Waals surface area contributed by atoms with E-state index in [2.05, 4.69) is 30.7 Å². The van der Waals surface area contributed by atoms with Gasteiger partial charge in [-0.05, 0) is 35.4 Å². The van der Waals surface area contributed by atoms with Crippen molar-refractivity contribution >= 4 is 12.1 Å². The number of amides is 1. The van der Waals surface area contributed by atoms with Gasteiger partial charge in [0.1, 0.15) is 0 Å². The molecule has 4 nitrogen and oxygen atoms in total. The van der Waals surface area contributed by atoms with Crippen molar-refractivity contribution in [3.05, 3.63) is 60.2 Å². The Morgan fingerprint density at radius 3 is 2.08 bits per heavy atom. The first kappa shape index (κ1) is 18.7. The number of ether oxygens (including phenoxy) is 1. The van der Waals surface area contributed by atoms with Crippen LogP contribution in [0, 0.1) is 11.8 Å². The molecule has 0 aliphatic carbocycles. The van der Waals surface area contributed by atoms with E-state index < -0.39 is 12.1 Å². The Morgan fingerprint density at radius 2 is 1.52 bits per heavy atom. The molecule has 2 aromatic rings. The van der Waals surface area contributed by atoms with Gasteiger partial charge in [0, 0.05) is 0 Å². The van der Waals surface area contributed by atoms with E-state index in [9.17, 15) is 9.59 Å². The van der Waals surface area contributed by atoms with Gasteiger partial charge in [-0.1, -0.05) is 74.9 Å². The Morgan fingerprint density at radius 1 is 0.920 bits per heavy atom. The Kier molecular flexibility index (Phi) is 6.75. The Balaban J connectivity index is 2.09. The maximum Gasteiger partial charge on any atom is 0.412 e. The second-order valence-corrected chi connectivity index (χ2v) is 6.68. The maximum absolute atomic E-state index is 12.1. The molecule has 0 aromatic heterocycles. The average Bonchev–Trinajstić information content (AvgIpc) is 2.59. The van der Waals surface area contributed by atoms with Gasteiger partial charge in [0.2, 0.25) is 0 Å². The number of benzene rings is 2. The molecule has 1 amide bonds. The molecule has 0 aliphatic heterocycles. The molecule has 2 rings (SSSR count). The van der Waals surface area contributed by atoms with Crippen molar-refractivity contribution < 1.29 is 14.3 Å². The predicted molar refractivity (Wildman–Crippen MR) is 98.8 cm³/mol. The van der Waals surface area contributed by atoms with Crippen LogP contribution < -0.4 is 5.73 Å². The maximum atomic E-state index is 12.1. The minimum absolute atomic E-state index is 0.363. The lowest BCUT2D eigenvalue weighted by Crippen LogP contribution is -2.26. The highest BCUT2D eigenvalue weighted by Gasteiger charge is 2.22. The van der Waals surface area contributed by atoms with Gasteiger partial charge in [0.25, 0.3) is 0 Å². The Bertz CT molecular complexity index is 693. The third-order valence-electron chi connectivity index (χ3n) is 4.17. The number of rotatable bonds is 7. The molecular weight excluding hydrogens is 314 g/mol. The number of hydrogen-bond acceptors (Lipinski definition) is 3. The molecule has 0 saturated carbocycles. The van der Waals surface area contributed by atoms with Gasteiger partial charge < -0.3 is 10.5 Å². The van der Waals surface area contributed by atoms with E-state index >= 15 is 0 Å². The van der Waals surface area contributed by atoms with Crippen LogP contribution >= 0.6 is 0 Å². The quantitative estimate of drug-likeness (QED) is 0.593. The average molecular weight is 339 g/mol. The van der Waals surface area contributed by atoms with Gasteiger partial charge in [-0.3, -0.25) is 4.79 Å². The number of primary amides is 1. The normalized spacial score (nSPS) is 12.0. The van der Waals surface area contributed by atoms with E-state index in [1.165, 1.54) is 0 Å². The molecule has 0 heterocycles. The molecule has 0 spiro atoms. The van der Waals surface area contributed by atoms with Gasteiger partial charge in [-0.25, -0.2) is 4.79 Å². The smallest absolute Gasteiger partial charge is 0.376 e. The van der Waals surface area contributed by atoms with Gasteiger partial charge in [0.05, 0.1) is 5.92 Å². The number of hydrogen-bond donors (Lipinski definition) is 1. The third kappa shape index (κ3) is 6.07. The first-order valence-corrected chi connectivity index (χ1v) is 8.61. The van der Waals surface area contributed by atoms with Crippen LogP contribution in [0.25, 0.3) is 11.1 Å². The molecule has 4 heteroatoms. The minimum atomic E-state index is -1.04. The molecule has 2 N–H and O–H groups in total. The van der Waals surface area contributed by atoms with Crippen LogP contribution in [0.3, 0.4) is 0 Å². The Hall–Kier alpha value is -2.62. The van der Waals surface area contributed by atoms with Crippen LogP contribution in [0.4, 0.5) is 4.79 Å². The summed E-state index contributed by atoms with van der Waals surface area (Å²) >= 11 is 0. The van der Waals surface area contributed by atoms with Gasteiger partial charge >= 0.3 is 12.1 Å². The van der Waals surface area contributed by atoms with Crippen molar-refractivity contribution in [1.29, 1.82) is 0 Å². The van der Waals surface area contributed by atoms with E-state index in [1.807, 2.05) is 42.5 Å². The molecule has 2 aromatic carbocycles. The standard InChI is InChI=1S/C21H25NO3/c1-15(2)8-11-19(20(23)25-21(22)24)14-16-9-12-18(13-10-16)17-6-4-3-5-7-17/h3-7,9-10,12-13,15,19H,8,11,14H2,1-2H3,(H2,22,24). The summed E-state index contributed by atoms with van der Waals surface area (Å²) in [7, 11) is 0. The number of carbonyl (C=O) groups excluding carboxylic acids is 2. The molecule has 1 unspecified atom stereocenters. The second kappa shape index (κ2) is 9.02. The lowest BCUT2D eigenvalue weighted by molar-refractivity contribution is -0.142. The molecule has 25 heavy (non-hydrogen) atoms. The van der Waals surface area contributed by atoms with E-state index in [0.717, 1.165) is 23.1 Å². The van der Waals surface area contributed by atoms with Crippen LogP contribution in [-0.2, 0) is 16.0 Å². The van der Waals surface area contributed by atoms with Gasteiger partial charge in [-0.2, -0.15) is 0 Å². The van der Waals surface area contributed by atoms with Crippen molar-refractivity contribution in [2.45, 2.75) is 33.1 Å². The second-order valence-electron chi connectivity index (χ2n) is 6.68. The van der Waals surface area contributed by atoms with E-state index in [-0.39, 0.29) is 5.92 Å². The van der Waals surface area contributed by atoms with Crippen molar-refractivity contribution in [2.75, 3.05) is 0 Å². The number of nitrogens with two attached hydrogens (primary N) is 1. The monoisotopic (exact) mass is 339 g/mol. The number of esters is 1. The van der Waals surface area contributed by atoms with Crippen LogP contribution in [0.1, 0.15) is 32.3 Å². The summed E-state index contributed by atoms with van der Waals surface area (Å²) in [5.41, 5.74) is 8.30. The highest BCUT2D eigenvalue weighted by molar-refractivity contribution is 5.85. The van der Waals surface area contributed by atoms with E-state index in [0.29, 0.717) is 18.8 Å². The van der Waals surface area contributed by atoms with E-state index in [4.69, 9.17) is 5.73 Å². The molecule has 0 radical (unpaired) electrons. The van der Waals surface area contributed by atoms with Crippen LogP contribution in [0.2, 0.25) is 0 Å². The zero-order valence-electron chi connectivity index (χ0n) is 14.8.